The molecule has 0 bridgehead atoms. The third-order valence-corrected chi connectivity index (χ3v) is 7.85. The highest BCUT2D eigenvalue weighted by Gasteiger charge is 2.30. The lowest BCUT2D eigenvalue weighted by Crippen LogP contribution is -2.33. The molecule has 2 aromatic heterocycles. The summed E-state index contributed by atoms with van der Waals surface area (Å²) in [6, 6.07) is 12.0. The number of thioether (sulfide) groups is 1. The fourth-order valence-electron chi connectivity index (χ4n) is 4.23. The number of amides is 2. The second-order valence-corrected chi connectivity index (χ2v) is 10.6. The van der Waals surface area contributed by atoms with E-state index in [0.29, 0.717) is 17.3 Å². The number of nitrogens with one attached hydrogen (secondary N) is 2. The number of thiophene rings is 1. The molecule has 2 aliphatic rings. The average molecular weight is 482 g/mol. The molecule has 0 spiro atoms. The minimum atomic E-state index is -0.161. The first-order valence-corrected chi connectivity index (χ1v) is 13.3. The van der Waals surface area contributed by atoms with Gasteiger partial charge in [0.1, 0.15) is 5.82 Å². The molecule has 2 saturated carbocycles. The van der Waals surface area contributed by atoms with Crippen molar-refractivity contribution in [1.29, 1.82) is 0 Å². The minimum absolute atomic E-state index is 0.128. The fraction of sp³-hybridized carbons (Fsp3) is 0.417. The molecule has 2 amide bonds. The van der Waals surface area contributed by atoms with Crippen LogP contribution in [0.2, 0.25) is 0 Å². The van der Waals surface area contributed by atoms with Crippen LogP contribution in [0.4, 0.5) is 5.69 Å². The monoisotopic (exact) mass is 481 g/mol. The number of nitrogens with zero attached hydrogens (tertiary/aromatic N) is 3. The van der Waals surface area contributed by atoms with E-state index in [1.807, 2.05) is 18.2 Å². The van der Waals surface area contributed by atoms with Crippen molar-refractivity contribution in [1.82, 2.24) is 20.1 Å². The van der Waals surface area contributed by atoms with Gasteiger partial charge in [0, 0.05) is 23.4 Å². The van der Waals surface area contributed by atoms with Gasteiger partial charge in [0.2, 0.25) is 5.91 Å². The van der Waals surface area contributed by atoms with Crippen LogP contribution in [0.3, 0.4) is 0 Å². The molecule has 1 aromatic carbocycles. The molecule has 2 aliphatic carbocycles. The van der Waals surface area contributed by atoms with Crippen molar-refractivity contribution in [2.24, 2.45) is 0 Å². The predicted molar refractivity (Wildman–Crippen MR) is 131 cm³/mol. The second-order valence-electron chi connectivity index (χ2n) is 8.59. The van der Waals surface area contributed by atoms with Crippen molar-refractivity contribution in [3.8, 4) is 0 Å². The summed E-state index contributed by atoms with van der Waals surface area (Å²) in [5.41, 5.74) is 1.04. The van der Waals surface area contributed by atoms with Gasteiger partial charge in [0.05, 0.1) is 17.0 Å². The zero-order chi connectivity index (χ0) is 22.6. The smallest absolute Gasteiger partial charge is 0.253 e. The molecule has 33 heavy (non-hydrogen) atoms. The Morgan fingerprint density at radius 1 is 1.06 bits per heavy atom. The third kappa shape index (κ3) is 5.47. The predicted octanol–water partition coefficient (Wildman–Crippen LogP) is 4.67. The number of hydrogen-bond acceptors (Lipinski definition) is 6. The molecule has 172 valence electrons. The normalized spacial score (nSPS) is 16.1. The third-order valence-electron chi connectivity index (χ3n) is 6.03. The molecule has 0 atom stereocenters. The summed E-state index contributed by atoms with van der Waals surface area (Å²) in [7, 11) is 0. The Labute approximate surface area is 201 Å². The van der Waals surface area contributed by atoms with E-state index in [1.54, 1.807) is 23.5 Å². The molecule has 2 N–H and O–H groups in total. The summed E-state index contributed by atoms with van der Waals surface area (Å²) < 4.78 is 2.20. The lowest BCUT2D eigenvalue weighted by atomic mass is 10.1. The molecule has 5 rings (SSSR count). The lowest BCUT2D eigenvalue weighted by molar-refractivity contribution is -0.113. The van der Waals surface area contributed by atoms with E-state index in [9.17, 15) is 9.59 Å². The number of carbonyl (C=O) groups is 2. The SMILES string of the molecule is O=C(CSc1nnc(Cc2cccs2)n1C1CC1)Nc1ccccc1C(=O)NC1CCCC1. The maximum atomic E-state index is 12.8. The highest BCUT2D eigenvalue weighted by Crippen LogP contribution is 2.39. The zero-order valence-corrected chi connectivity index (χ0v) is 20.0. The Morgan fingerprint density at radius 3 is 2.64 bits per heavy atom. The fourth-order valence-corrected chi connectivity index (χ4v) is 5.76. The first kappa shape index (κ1) is 22.2. The lowest BCUT2D eigenvalue weighted by Gasteiger charge is -2.15. The maximum absolute atomic E-state index is 12.8. The number of hydrogen-bond donors (Lipinski definition) is 2. The Bertz CT molecular complexity index is 1120. The van der Waals surface area contributed by atoms with E-state index >= 15 is 0 Å². The molecular formula is C24H27N5O2S2. The number of para-hydroxylation sites is 1. The van der Waals surface area contributed by atoms with Crippen molar-refractivity contribution in [2.45, 2.75) is 62.2 Å². The van der Waals surface area contributed by atoms with Gasteiger partial charge in [-0.1, -0.05) is 42.8 Å². The molecule has 2 heterocycles. The zero-order valence-electron chi connectivity index (χ0n) is 18.3. The molecule has 0 unspecified atom stereocenters. The Kier molecular flexibility index (Phi) is 6.78. The van der Waals surface area contributed by atoms with Crippen LogP contribution in [0, 0.1) is 0 Å². The van der Waals surface area contributed by atoms with Gasteiger partial charge in [-0.3, -0.25) is 9.59 Å². The number of anilines is 1. The van der Waals surface area contributed by atoms with E-state index in [-0.39, 0.29) is 23.6 Å². The molecule has 2 fully saturated rings. The Morgan fingerprint density at radius 2 is 1.88 bits per heavy atom. The molecule has 9 heteroatoms. The van der Waals surface area contributed by atoms with Crippen LogP contribution in [0.1, 0.15) is 65.6 Å². The summed E-state index contributed by atoms with van der Waals surface area (Å²) in [4.78, 5) is 26.8. The first-order chi connectivity index (χ1) is 16.2. The van der Waals surface area contributed by atoms with Crippen molar-refractivity contribution in [3.05, 3.63) is 58.0 Å². The Balaban J connectivity index is 1.22. The van der Waals surface area contributed by atoms with Crippen molar-refractivity contribution >= 4 is 40.6 Å². The summed E-state index contributed by atoms with van der Waals surface area (Å²) in [6.45, 7) is 0. The standard InChI is InChI=1S/C24H27N5O2S2/c30-22(26-20-10-4-3-9-19(20)23(31)25-16-6-1-2-7-16)15-33-24-28-27-21(29(24)17-11-12-17)14-18-8-5-13-32-18/h3-5,8-10,13,16-17H,1-2,6-7,11-12,14-15H2,(H,25,31)(H,26,30). The van der Waals surface area contributed by atoms with Crippen LogP contribution < -0.4 is 10.6 Å². The van der Waals surface area contributed by atoms with Crippen molar-refractivity contribution in [2.75, 3.05) is 11.1 Å². The topological polar surface area (TPSA) is 88.9 Å². The summed E-state index contributed by atoms with van der Waals surface area (Å²) in [5, 5.41) is 17.7. The van der Waals surface area contributed by atoms with Crippen LogP contribution >= 0.6 is 23.1 Å². The van der Waals surface area contributed by atoms with Crippen molar-refractivity contribution < 1.29 is 9.59 Å². The van der Waals surface area contributed by atoms with Crippen LogP contribution in [-0.2, 0) is 11.2 Å². The molecule has 0 saturated heterocycles. The maximum Gasteiger partial charge on any atom is 0.253 e. The van der Waals surface area contributed by atoms with Crippen LogP contribution in [0.15, 0.2) is 46.9 Å². The first-order valence-electron chi connectivity index (χ1n) is 11.5. The van der Waals surface area contributed by atoms with Crippen LogP contribution in [0.25, 0.3) is 0 Å². The van der Waals surface area contributed by atoms with Gasteiger partial charge in [-0.2, -0.15) is 0 Å². The molecule has 7 nitrogen and oxygen atoms in total. The van der Waals surface area contributed by atoms with Crippen molar-refractivity contribution in [3.63, 3.8) is 0 Å². The van der Waals surface area contributed by atoms with Gasteiger partial charge in [0.25, 0.3) is 5.91 Å². The van der Waals surface area contributed by atoms with E-state index in [2.05, 4.69) is 36.8 Å². The molecule has 3 aromatic rings. The van der Waals surface area contributed by atoms with Gasteiger partial charge >= 0.3 is 0 Å². The Hall–Kier alpha value is -2.65. The average Bonchev–Trinajstić information content (AvgIpc) is 3.19. The summed E-state index contributed by atoms with van der Waals surface area (Å²) in [6.07, 6.45) is 7.36. The van der Waals surface area contributed by atoms with Gasteiger partial charge in [-0.15, -0.1) is 21.5 Å². The number of aromatic nitrogens is 3. The summed E-state index contributed by atoms with van der Waals surface area (Å²) in [5.74, 6) is 0.878. The van der Waals surface area contributed by atoms with Crippen LogP contribution in [0.5, 0.6) is 0 Å². The van der Waals surface area contributed by atoms with Crippen LogP contribution in [-0.4, -0.2) is 38.4 Å². The second kappa shape index (κ2) is 10.1. The van der Waals surface area contributed by atoms with Gasteiger partial charge < -0.3 is 15.2 Å². The van der Waals surface area contributed by atoms with E-state index in [0.717, 1.165) is 55.9 Å². The highest BCUT2D eigenvalue weighted by molar-refractivity contribution is 7.99. The molecule has 0 radical (unpaired) electrons. The molecular weight excluding hydrogens is 454 g/mol. The largest absolute Gasteiger partial charge is 0.349 e. The summed E-state index contributed by atoms with van der Waals surface area (Å²) >= 11 is 3.11. The number of carbonyl (C=O) groups excluding carboxylic acids is 2. The minimum Gasteiger partial charge on any atom is -0.349 e. The van der Waals surface area contributed by atoms with Gasteiger partial charge in [-0.25, -0.2) is 0 Å². The molecule has 0 aliphatic heterocycles. The number of rotatable bonds is 9. The van der Waals surface area contributed by atoms with Gasteiger partial charge in [-0.05, 0) is 49.3 Å². The quantitative estimate of drug-likeness (QED) is 0.434. The van der Waals surface area contributed by atoms with Gasteiger partial charge in [0.15, 0.2) is 5.16 Å². The van der Waals surface area contributed by atoms with E-state index in [4.69, 9.17) is 0 Å². The van der Waals surface area contributed by atoms with E-state index < -0.39 is 0 Å². The number of benzene rings is 1. The van der Waals surface area contributed by atoms with E-state index in [1.165, 1.54) is 16.6 Å². The highest BCUT2D eigenvalue weighted by atomic mass is 32.2.